The predicted molar refractivity (Wildman–Crippen MR) is 67.8 cm³/mol. The molecule has 0 aliphatic carbocycles. The number of hydrogen-bond donors (Lipinski definition) is 1. The summed E-state index contributed by atoms with van der Waals surface area (Å²) in [4.78, 5) is 11.1. The number of hydrogen-bond acceptors (Lipinski definition) is 4. The first-order valence-corrected chi connectivity index (χ1v) is 5.43. The molecule has 0 spiro atoms. The molecule has 0 unspecified atom stereocenters. The molecule has 0 atom stereocenters. The molecule has 0 bridgehead atoms. The fraction of sp³-hybridized carbons (Fsp3) is 0.154. The average molecular weight is 240 g/mol. The Morgan fingerprint density at radius 3 is 2.67 bits per heavy atom. The number of nitrogen functional groups attached to an aromatic ring is 1. The van der Waals surface area contributed by atoms with Crippen molar-refractivity contribution in [2.45, 2.75) is 13.5 Å². The van der Waals surface area contributed by atoms with Crippen molar-refractivity contribution < 1.29 is 4.79 Å². The van der Waals surface area contributed by atoms with Crippen molar-refractivity contribution in [1.82, 2.24) is 9.78 Å². The fourth-order valence-electron chi connectivity index (χ4n) is 1.72. The Bertz CT molecular complexity index is 620. The second-order valence-corrected chi connectivity index (χ2v) is 3.95. The van der Waals surface area contributed by atoms with Crippen LogP contribution in [-0.2, 0) is 6.54 Å². The van der Waals surface area contributed by atoms with E-state index in [1.54, 1.807) is 0 Å². The highest BCUT2D eigenvalue weighted by Crippen LogP contribution is 2.25. The minimum Gasteiger partial charge on any atom is -0.383 e. The van der Waals surface area contributed by atoms with E-state index < -0.39 is 0 Å². The first kappa shape index (κ1) is 11.9. The SMILES string of the molecule is Cc1ccc(-c2nn(CC#N)c(N)c2C=O)cc1. The van der Waals surface area contributed by atoms with Gasteiger partial charge in [0.1, 0.15) is 18.1 Å². The Morgan fingerprint density at radius 1 is 1.44 bits per heavy atom. The van der Waals surface area contributed by atoms with Gasteiger partial charge in [0.25, 0.3) is 0 Å². The minimum atomic E-state index is 0.0263. The summed E-state index contributed by atoms with van der Waals surface area (Å²) in [5, 5.41) is 12.9. The Morgan fingerprint density at radius 2 is 2.11 bits per heavy atom. The van der Waals surface area contributed by atoms with Gasteiger partial charge in [-0.2, -0.15) is 10.4 Å². The van der Waals surface area contributed by atoms with Crippen LogP contribution in [0.15, 0.2) is 24.3 Å². The lowest BCUT2D eigenvalue weighted by atomic mass is 10.1. The van der Waals surface area contributed by atoms with Crippen LogP contribution >= 0.6 is 0 Å². The van der Waals surface area contributed by atoms with E-state index in [4.69, 9.17) is 11.0 Å². The first-order valence-electron chi connectivity index (χ1n) is 5.43. The predicted octanol–water partition coefficient (Wildman–Crippen LogP) is 1.78. The third kappa shape index (κ3) is 1.96. The second kappa shape index (κ2) is 4.72. The third-order valence-electron chi connectivity index (χ3n) is 2.69. The molecule has 2 N–H and O–H groups in total. The molecule has 0 saturated heterocycles. The van der Waals surface area contributed by atoms with Crippen LogP contribution < -0.4 is 5.73 Å². The zero-order valence-electron chi connectivity index (χ0n) is 9.92. The smallest absolute Gasteiger partial charge is 0.156 e. The zero-order valence-corrected chi connectivity index (χ0v) is 9.92. The van der Waals surface area contributed by atoms with E-state index in [-0.39, 0.29) is 12.4 Å². The number of nitrogens with zero attached hydrogens (tertiary/aromatic N) is 3. The maximum Gasteiger partial charge on any atom is 0.156 e. The fourth-order valence-corrected chi connectivity index (χ4v) is 1.72. The number of aldehydes is 1. The average Bonchev–Trinajstić information content (AvgIpc) is 2.68. The molecule has 1 aromatic carbocycles. The molecule has 90 valence electrons. The summed E-state index contributed by atoms with van der Waals surface area (Å²) in [7, 11) is 0. The number of carbonyl (C=O) groups is 1. The van der Waals surface area contributed by atoms with Crippen LogP contribution in [0.5, 0.6) is 0 Å². The summed E-state index contributed by atoms with van der Waals surface area (Å²) < 4.78 is 1.33. The van der Waals surface area contributed by atoms with Crippen LogP contribution in [0.25, 0.3) is 11.3 Å². The third-order valence-corrected chi connectivity index (χ3v) is 2.69. The van der Waals surface area contributed by atoms with Crippen molar-refractivity contribution in [2.75, 3.05) is 5.73 Å². The Balaban J connectivity index is 2.57. The van der Waals surface area contributed by atoms with E-state index in [0.29, 0.717) is 17.5 Å². The highest BCUT2D eigenvalue weighted by atomic mass is 16.1. The lowest BCUT2D eigenvalue weighted by Crippen LogP contribution is -2.03. The topological polar surface area (TPSA) is 84.7 Å². The summed E-state index contributed by atoms with van der Waals surface area (Å²) in [5.41, 5.74) is 8.56. The van der Waals surface area contributed by atoms with Crippen molar-refractivity contribution >= 4 is 12.1 Å². The van der Waals surface area contributed by atoms with Crippen LogP contribution in [-0.4, -0.2) is 16.1 Å². The summed E-state index contributed by atoms with van der Waals surface area (Å²) in [6.45, 7) is 2.01. The van der Waals surface area contributed by atoms with Gasteiger partial charge in [0.05, 0.1) is 11.6 Å². The monoisotopic (exact) mass is 240 g/mol. The van der Waals surface area contributed by atoms with E-state index >= 15 is 0 Å². The number of aromatic nitrogens is 2. The summed E-state index contributed by atoms with van der Waals surface area (Å²) in [6.07, 6.45) is 0.672. The van der Waals surface area contributed by atoms with Crippen LogP contribution in [0.3, 0.4) is 0 Å². The van der Waals surface area contributed by atoms with E-state index in [9.17, 15) is 4.79 Å². The molecule has 1 aromatic heterocycles. The molecule has 0 aliphatic rings. The first-order chi connectivity index (χ1) is 8.67. The van der Waals surface area contributed by atoms with Gasteiger partial charge in [0.2, 0.25) is 0 Å². The second-order valence-electron chi connectivity index (χ2n) is 3.95. The molecule has 2 rings (SSSR count). The molecule has 1 heterocycles. The Hall–Kier alpha value is -2.61. The van der Waals surface area contributed by atoms with Crippen LogP contribution in [0.1, 0.15) is 15.9 Å². The molecular weight excluding hydrogens is 228 g/mol. The van der Waals surface area contributed by atoms with Crippen molar-refractivity contribution in [3.05, 3.63) is 35.4 Å². The zero-order chi connectivity index (χ0) is 13.1. The normalized spacial score (nSPS) is 10.0. The van der Waals surface area contributed by atoms with Gasteiger partial charge >= 0.3 is 0 Å². The van der Waals surface area contributed by atoms with Gasteiger partial charge in [0, 0.05) is 5.56 Å². The van der Waals surface area contributed by atoms with E-state index in [2.05, 4.69) is 5.10 Å². The number of carbonyl (C=O) groups excluding carboxylic acids is 1. The number of rotatable bonds is 3. The van der Waals surface area contributed by atoms with Gasteiger partial charge in [-0.05, 0) is 6.92 Å². The number of nitrogens with two attached hydrogens (primary N) is 1. The lowest BCUT2D eigenvalue weighted by Gasteiger charge is -1.98. The minimum absolute atomic E-state index is 0.0263. The van der Waals surface area contributed by atoms with Crippen molar-refractivity contribution in [3.8, 4) is 17.3 Å². The summed E-state index contributed by atoms with van der Waals surface area (Å²) >= 11 is 0. The number of benzene rings is 1. The van der Waals surface area contributed by atoms with Gasteiger partial charge in [0.15, 0.2) is 6.29 Å². The molecule has 0 saturated carbocycles. The maximum atomic E-state index is 11.1. The van der Waals surface area contributed by atoms with Gasteiger partial charge in [-0.3, -0.25) is 4.79 Å². The number of anilines is 1. The van der Waals surface area contributed by atoms with Crippen LogP contribution in [0.2, 0.25) is 0 Å². The van der Waals surface area contributed by atoms with Crippen LogP contribution in [0, 0.1) is 18.3 Å². The quantitative estimate of drug-likeness (QED) is 0.828. The maximum absolute atomic E-state index is 11.1. The molecule has 5 nitrogen and oxygen atoms in total. The molecule has 0 amide bonds. The standard InChI is InChI=1S/C13H12N4O/c1-9-2-4-10(5-3-9)12-11(8-18)13(15)17(16-12)7-6-14/h2-5,8H,7,15H2,1H3. The number of aryl methyl sites for hydroxylation is 1. The molecule has 0 radical (unpaired) electrons. The molecule has 18 heavy (non-hydrogen) atoms. The molecule has 2 aromatic rings. The van der Waals surface area contributed by atoms with Gasteiger partial charge in [-0.15, -0.1) is 0 Å². The van der Waals surface area contributed by atoms with E-state index in [0.717, 1.165) is 11.1 Å². The molecule has 5 heteroatoms. The van der Waals surface area contributed by atoms with E-state index in [1.165, 1.54) is 4.68 Å². The molecule has 0 aliphatic heterocycles. The Labute approximate surface area is 104 Å². The Kier molecular flexibility index (Phi) is 3.11. The van der Waals surface area contributed by atoms with E-state index in [1.807, 2.05) is 37.3 Å². The lowest BCUT2D eigenvalue weighted by molar-refractivity contribution is 0.112. The highest BCUT2D eigenvalue weighted by molar-refractivity contribution is 5.91. The molecular formula is C13H12N4O. The van der Waals surface area contributed by atoms with Crippen molar-refractivity contribution in [2.24, 2.45) is 0 Å². The summed E-state index contributed by atoms with van der Waals surface area (Å²) in [5.74, 6) is 0.224. The van der Waals surface area contributed by atoms with Gasteiger partial charge < -0.3 is 5.73 Å². The molecule has 0 fully saturated rings. The van der Waals surface area contributed by atoms with Crippen molar-refractivity contribution in [3.63, 3.8) is 0 Å². The highest BCUT2D eigenvalue weighted by Gasteiger charge is 2.16. The number of nitriles is 1. The van der Waals surface area contributed by atoms with Crippen molar-refractivity contribution in [1.29, 1.82) is 5.26 Å². The summed E-state index contributed by atoms with van der Waals surface area (Å²) in [6, 6.07) is 9.57. The van der Waals surface area contributed by atoms with Gasteiger partial charge in [-0.1, -0.05) is 29.8 Å². The van der Waals surface area contributed by atoms with Gasteiger partial charge in [-0.25, -0.2) is 4.68 Å². The largest absolute Gasteiger partial charge is 0.383 e. The van der Waals surface area contributed by atoms with Crippen LogP contribution in [0.4, 0.5) is 5.82 Å².